The van der Waals surface area contributed by atoms with Gasteiger partial charge >= 0.3 is 13.1 Å². The second-order valence-corrected chi connectivity index (χ2v) is 6.48. The van der Waals surface area contributed by atoms with Crippen LogP contribution in [0.4, 0.5) is 4.39 Å². The van der Waals surface area contributed by atoms with Gasteiger partial charge in [-0.2, -0.15) is 5.26 Å². The van der Waals surface area contributed by atoms with Gasteiger partial charge in [-0.25, -0.2) is 4.39 Å². The zero-order chi connectivity index (χ0) is 17.4. The van der Waals surface area contributed by atoms with Crippen LogP contribution in [-0.2, 0) is 25.4 Å². The smallest absolute Gasteiger partial charge is 0.461 e. The molecule has 1 aliphatic heterocycles. The van der Waals surface area contributed by atoms with Gasteiger partial charge in [0.1, 0.15) is 18.5 Å². The van der Waals surface area contributed by atoms with Crippen LogP contribution in [0.25, 0.3) is 0 Å². The van der Waals surface area contributed by atoms with E-state index in [1.54, 1.807) is 12.1 Å². The summed E-state index contributed by atoms with van der Waals surface area (Å²) in [5, 5.41) is 9.04. The molecule has 1 heterocycles. The van der Waals surface area contributed by atoms with E-state index in [-0.39, 0.29) is 17.6 Å². The number of esters is 1. The number of benzene rings is 1. The molecule has 0 aromatic heterocycles. The average Bonchev–Trinajstić information content (AvgIpc) is 2.64. The molecule has 1 fully saturated rings. The molecule has 1 aromatic rings. The predicted molar refractivity (Wildman–Crippen MR) is 82.3 cm³/mol. The van der Waals surface area contributed by atoms with Crippen molar-refractivity contribution in [2.24, 2.45) is 0 Å². The quantitative estimate of drug-likeness (QED) is 0.630. The molecule has 0 N–H and O–H groups in total. The van der Waals surface area contributed by atoms with Crippen molar-refractivity contribution in [3.8, 4) is 6.07 Å². The van der Waals surface area contributed by atoms with Crippen molar-refractivity contribution in [3.63, 3.8) is 0 Å². The molecule has 122 valence electrons. The lowest BCUT2D eigenvalue weighted by Gasteiger charge is -2.32. The third kappa shape index (κ3) is 3.24. The van der Waals surface area contributed by atoms with Gasteiger partial charge in [-0.3, -0.25) is 4.79 Å². The Balaban J connectivity index is 2.47. The van der Waals surface area contributed by atoms with E-state index in [0.29, 0.717) is 5.56 Å². The second-order valence-electron chi connectivity index (χ2n) is 6.48. The van der Waals surface area contributed by atoms with Crippen LogP contribution in [0.2, 0.25) is 0 Å². The molecule has 7 heteroatoms. The summed E-state index contributed by atoms with van der Waals surface area (Å²) in [7, 11) is -0.973. The maximum Gasteiger partial charge on any atom is 0.498 e. The normalized spacial score (nSPS) is 18.6. The van der Waals surface area contributed by atoms with Gasteiger partial charge in [-0.05, 0) is 39.3 Å². The van der Waals surface area contributed by atoms with E-state index < -0.39 is 30.1 Å². The molecule has 1 aliphatic rings. The third-order valence-corrected chi connectivity index (χ3v) is 4.31. The van der Waals surface area contributed by atoms with Crippen molar-refractivity contribution in [2.75, 3.05) is 0 Å². The maximum atomic E-state index is 14.7. The van der Waals surface area contributed by atoms with Gasteiger partial charge in [-0.15, -0.1) is 0 Å². The molecule has 0 spiro atoms. The molecular weight excluding hydrogens is 300 g/mol. The van der Waals surface area contributed by atoms with Crippen LogP contribution in [0, 0.1) is 17.1 Å². The first-order valence-corrected chi connectivity index (χ1v) is 7.29. The maximum absolute atomic E-state index is 14.7. The monoisotopic (exact) mass is 319 g/mol. The largest absolute Gasteiger partial charge is 0.498 e. The first-order valence-electron chi connectivity index (χ1n) is 7.29. The minimum absolute atomic E-state index is 0.101. The van der Waals surface area contributed by atoms with Crippen molar-refractivity contribution in [2.45, 2.75) is 52.4 Å². The molecule has 0 unspecified atom stereocenters. The van der Waals surface area contributed by atoms with E-state index in [2.05, 4.69) is 0 Å². The van der Waals surface area contributed by atoms with E-state index >= 15 is 0 Å². The Kier molecular flexibility index (Phi) is 4.51. The summed E-state index contributed by atoms with van der Waals surface area (Å²) in [4.78, 5) is 11.0. The highest BCUT2D eigenvalue weighted by molar-refractivity contribution is 6.62. The van der Waals surface area contributed by atoms with E-state index in [4.69, 9.17) is 19.3 Å². The average molecular weight is 319 g/mol. The van der Waals surface area contributed by atoms with E-state index in [1.165, 1.54) is 13.0 Å². The number of hydrogen-bond donors (Lipinski definition) is 0. The Morgan fingerprint density at radius 1 is 1.30 bits per heavy atom. The fourth-order valence-electron chi connectivity index (χ4n) is 2.24. The fourth-order valence-corrected chi connectivity index (χ4v) is 2.24. The summed E-state index contributed by atoms with van der Waals surface area (Å²) in [6.07, 6.45) is 0. The highest BCUT2D eigenvalue weighted by Gasteiger charge is 2.53. The molecule has 23 heavy (non-hydrogen) atoms. The molecule has 5 nitrogen and oxygen atoms in total. The molecule has 2 rings (SSSR count). The lowest BCUT2D eigenvalue weighted by molar-refractivity contribution is -0.142. The molecule has 0 atom stereocenters. The molecule has 0 radical (unpaired) electrons. The topological polar surface area (TPSA) is 68.6 Å². The third-order valence-electron chi connectivity index (χ3n) is 4.31. The van der Waals surface area contributed by atoms with Crippen molar-refractivity contribution >= 4 is 18.6 Å². The van der Waals surface area contributed by atoms with Crippen LogP contribution in [0.15, 0.2) is 12.1 Å². The summed E-state index contributed by atoms with van der Waals surface area (Å²) in [5.41, 5.74) is -0.892. The summed E-state index contributed by atoms with van der Waals surface area (Å²) >= 11 is 0. The minimum atomic E-state index is -0.973. The summed E-state index contributed by atoms with van der Waals surface area (Å²) in [6.45, 7) is 8.57. The summed E-state index contributed by atoms with van der Waals surface area (Å²) in [6, 6.07) is 4.70. The van der Waals surface area contributed by atoms with Gasteiger partial charge in [0.15, 0.2) is 0 Å². The van der Waals surface area contributed by atoms with Crippen LogP contribution in [0.5, 0.6) is 0 Å². The number of rotatable bonds is 3. The van der Waals surface area contributed by atoms with E-state index in [0.717, 1.165) is 0 Å². The van der Waals surface area contributed by atoms with E-state index in [9.17, 15) is 9.18 Å². The highest BCUT2D eigenvalue weighted by atomic mass is 19.1. The van der Waals surface area contributed by atoms with Crippen molar-refractivity contribution in [3.05, 3.63) is 29.1 Å². The predicted octanol–water partition coefficient (Wildman–Crippen LogP) is 2.06. The van der Waals surface area contributed by atoms with Crippen molar-refractivity contribution in [1.82, 2.24) is 0 Å². The van der Waals surface area contributed by atoms with Gasteiger partial charge in [0.25, 0.3) is 0 Å². The van der Waals surface area contributed by atoms with Crippen LogP contribution in [-0.4, -0.2) is 24.3 Å². The number of carbonyl (C=O) groups is 1. The Morgan fingerprint density at radius 2 is 1.87 bits per heavy atom. The molecule has 0 aliphatic carbocycles. The fraction of sp³-hybridized carbons (Fsp3) is 0.500. The van der Waals surface area contributed by atoms with Crippen LogP contribution < -0.4 is 5.46 Å². The SMILES string of the molecule is CC(=O)OCc1ccc(C#N)c(F)c1B1OC(C)(C)C(C)(C)O1. The number of carbonyl (C=O) groups excluding carboxylic acids is 1. The molecule has 0 bridgehead atoms. The van der Waals surface area contributed by atoms with Crippen molar-refractivity contribution < 1.29 is 23.2 Å². The standard InChI is InChI=1S/C16H19BFNO4/c1-10(20)21-9-12-7-6-11(8-19)14(18)13(12)17-22-15(2,3)16(4,5)23-17/h6-7H,9H2,1-5H3. The van der Waals surface area contributed by atoms with Crippen LogP contribution in [0.3, 0.4) is 0 Å². The van der Waals surface area contributed by atoms with Crippen molar-refractivity contribution in [1.29, 1.82) is 5.26 Å². The summed E-state index contributed by atoms with van der Waals surface area (Å²) in [5.74, 6) is -1.19. The second kappa shape index (κ2) is 5.95. The molecule has 0 saturated carbocycles. The van der Waals surface area contributed by atoms with Gasteiger partial charge in [-0.1, -0.05) is 6.07 Å². The van der Waals surface area contributed by atoms with Crippen LogP contribution in [0.1, 0.15) is 45.7 Å². The molecular formula is C16H19BFNO4. The molecule has 0 amide bonds. The van der Waals surface area contributed by atoms with Gasteiger partial charge < -0.3 is 14.0 Å². The lowest BCUT2D eigenvalue weighted by Crippen LogP contribution is -2.41. The van der Waals surface area contributed by atoms with Gasteiger partial charge in [0.05, 0.1) is 16.8 Å². The first kappa shape index (κ1) is 17.4. The van der Waals surface area contributed by atoms with E-state index in [1.807, 2.05) is 27.7 Å². The van der Waals surface area contributed by atoms with Crippen LogP contribution >= 0.6 is 0 Å². The first-order chi connectivity index (χ1) is 10.6. The summed E-state index contributed by atoms with van der Waals surface area (Å²) < 4.78 is 31.4. The zero-order valence-electron chi connectivity index (χ0n) is 13.9. The number of halogens is 1. The number of nitrogens with zero attached hydrogens (tertiary/aromatic N) is 1. The molecule has 1 aromatic carbocycles. The Labute approximate surface area is 135 Å². The highest BCUT2D eigenvalue weighted by Crippen LogP contribution is 2.37. The Hall–Kier alpha value is -1.91. The Bertz CT molecular complexity index is 665. The van der Waals surface area contributed by atoms with Gasteiger partial charge in [0, 0.05) is 12.4 Å². The number of hydrogen-bond acceptors (Lipinski definition) is 5. The number of ether oxygens (including phenoxy) is 1. The zero-order valence-corrected chi connectivity index (χ0v) is 13.9. The minimum Gasteiger partial charge on any atom is -0.461 e. The number of nitriles is 1. The lowest BCUT2D eigenvalue weighted by atomic mass is 9.74. The molecule has 1 saturated heterocycles. The van der Waals surface area contributed by atoms with Gasteiger partial charge in [0.2, 0.25) is 0 Å². The Morgan fingerprint density at radius 3 is 2.35 bits per heavy atom.